The summed E-state index contributed by atoms with van der Waals surface area (Å²) in [6, 6.07) is 18.9. The highest BCUT2D eigenvalue weighted by molar-refractivity contribution is 6.00. The predicted octanol–water partition coefficient (Wildman–Crippen LogP) is 5.72. The summed E-state index contributed by atoms with van der Waals surface area (Å²) in [7, 11) is 1.60. The molecule has 1 aliphatic rings. The molecule has 1 aromatic heterocycles. The Bertz CT molecular complexity index is 1480. The maximum Gasteiger partial charge on any atom is 0.273 e. The smallest absolute Gasteiger partial charge is 0.273 e. The van der Waals surface area contributed by atoms with Crippen molar-refractivity contribution in [2.24, 2.45) is 0 Å². The van der Waals surface area contributed by atoms with E-state index in [1.807, 2.05) is 74.5 Å². The molecule has 3 aromatic carbocycles. The third kappa shape index (κ3) is 4.33. The Hall–Kier alpha value is -4.52. The van der Waals surface area contributed by atoms with Crippen molar-refractivity contribution in [2.75, 3.05) is 13.7 Å². The first-order valence-corrected chi connectivity index (χ1v) is 12.1. The lowest BCUT2D eigenvalue weighted by molar-refractivity contribution is 0.0764. The summed E-state index contributed by atoms with van der Waals surface area (Å²) in [5.41, 5.74) is 5.88. The molecule has 37 heavy (non-hydrogen) atoms. The molecule has 4 aromatic rings. The van der Waals surface area contributed by atoms with Gasteiger partial charge in [0.25, 0.3) is 5.91 Å². The second-order valence-corrected chi connectivity index (χ2v) is 9.17. The Morgan fingerprint density at radius 1 is 1.11 bits per heavy atom. The fraction of sp³-hybridized carbons (Fsp3) is 0.200. The molecule has 0 spiro atoms. The van der Waals surface area contributed by atoms with Gasteiger partial charge in [0.2, 0.25) is 0 Å². The summed E-state index contributed by atoms with van der Waals surface area (Å²) in [6.07, 6.45) is 1.70. The van der Waals surface area contributed by atoms with Crippen LogP contribution in [0.15, 0.2) is 73.3 Å². The van der Waals surface area contributed by atoms with Gasteiger partial charge in [0.15, 0.2) is 11.5 Å². The molecular weight excluding hydrogens is 466 g/mol. The van der Waals surface area contributed by atoms with Crippen LogP contribution < -0.4 is 9.47 Å². The summed E-state index contributed by atoms with van der Waals surface area (Å²) >= 11 is 0. The van der Waals surface area contributed by atoms with Gasteiger partial charge in [-0.2, -0.15) is 5.10 Å². The van der Waals surface area contributed by atoms with Crippen LogP contribution in [0, 0.1) is 13.8 Å². The lowest BCUT2D eigenvalue weighted by Gasteiger charge is -2.26. The topological polar surface area (TPSA) is 87.7 Å². The van der Waals surface area contributed by atoms with E-state index < -0.39 is 6.04 Å². The molecule has 0 aliphatic carbocycles. The van der Waals surface area contributed by atoms with Crippen molar-refractivity contribution in [1.29, 1.82) is 0 Å². The number of carbonyl (C=O) groups is 1. The Morgan fingerprint density at radius 2 is 1.89 bits per heavy atom. The minimum Gasteiger partial charge on any atom is -0.507 e. The largest absolute Gasteiger partial charge is 0.507 e. The first-order chi connectivity index (χ1) is 17.9. The van der Waals surface area contributed by atoms with Crippen molar-refractivity contribution in [3.8, 4) is 28.5 Å². The van der Waals surface area contributed by atoms with Gasteiger partial charge in [-0.3, -0.25) is 9.89 Å². The van der Waals surface area contributed by atoms with E-state index in [9.17, 15) is 9.90 Å². The number of benzene rings is 3. The molecule has 0 bridgehead atoms. The monoisotopic (exact) mass is 495 g/mol. The zero-order chi connectivity index (χ0) is 26.1. The van der Waals surface area contributed by atoms with Crippen LogP contribution in [-0.4, -0.2) is 39.8 Å². The molecule has 7 heteroatoms. The van der Waals surface area contributed by atoms with E-state index in [0.29, 0.717) is 47.2 Å². The van der Waals surface area contributed by atoms with Crippen molar-refractivity contribution in [2.45, 2.75) is 26.5 Å². The number of nitrogens with zero attached hydrogens (tertiary/aromatic N) is 2. The number of methoxy groups -OCH3 is 1. The Kier molecular flexibility index (Phi) is 6.44. The minimum atomic E-state index is -0.452. The molecule has 188 valence electrons. The molecule has 1 aliphatic heterocycles. The molecule has 0 saturated heterocycles. The van der Waals surface area contributed by atoms with Crippen LogP contribution >= 0.6 is 0 Å². The number of carbonyl (C=O) groups excluding carboxylic acids is 1. The van der Waals surface area contributed by atoms with Crippen molar-refractivity contribution < 1.29 is 19.4 Å². The van der Waals surface area contributed by atoms with Crippen LogP contribution in [0.1, 0.15) is 44.3 Å². The number of fused-ring (bicyclic) bond motifs is 1. The maximum absolute atomic E-state index is 13.4. The van der Waals surface area contributed by atoms with E-state index in [1.165, 1.54) is 0 Å². The molecule has 0 saturated carbocycles. The van der Waals surface area contributed by atoms with Gasteiger partial charge in [-0.05, 0) is 54.3 Å². The number of aryl methyl sites for hydroxylation is 2. The number of H-pyrrole nitrogens is 1. The van der Waals surface area contributed by atoms with E-state index in [1.54, 1.807) is 18.1 Å². The number of amides is 1. The van der Waals surface area contributed by atoms with E-state index in [0.717, 1.165) is 22.3 Å². The Morgan fingerprint density at radius 3 is 2.62 bits per heavy atom. The number of nitrogens with one attached hydrogen (secondary N) is 1. The number of aromatic hydroxyl groups is 1. The number of ether oxygens (including phenoxy) is 2. The normalized spacial score (nSPS) is 14.5. The van der Waals surface area contributed by atoms with E-state index in [2.05, 4.69) is 16.8 Å². The van der Waals surface area contributed by atoms with E-state index in [-0.39, 0.29) is 11.7 Å². The summed E-state index contributed by atoms with van der Waals surface area (Å²) < 4.78 is 11.7. The van der Waals surface area contributed by atoms with Gasteiger partial charge < -0.3 is 19.5 Å². The minimum absolute atomic E-state index is 0.149. The number of phenolic OH excluding ortho intramolecular Hbond substituents is 1. The van der Waals surface area contributed by atoms with Crippen molar-refractivity contribution in [1.82, 2.24) is 15.1 Å². The van der Waals surface area contributed by atoms with Crippen LogP contribution in [-0.2, 0) is 6.61 Å². The molecule has 1 atom stereocenters. The van der Waals surface area contributed by atoms with Crippen LogP contribution in [0.25, 0.3) is 11.3 Å². The fourth-order valence-corrected chi connectivity index (χ4v) is 4.93. The second kappa shape index (κ2) is 9.85. The molecule has 1 amide bonds. The first kappa shape index (κ1) is 24.2. The van der Waals surface area contributed by atoms with Gasteiger partial charge in [0.05, 0.1) is 13.2 Å². The summed E-state index contributed by atoms with van der Waals surface area (Å²) in [5, 5.41) is 18.3. The lowest BCUT2D eigenvalue weighted by atomic mass is 9.94. The summed E-state index contributed by atoms with van der Waals surface area (Å²) in [6.45, 7) is 8.42. The summed E-state index contributed by atoms with van der Waals surface area (Å²) in [4.78, 5) is 15.1. The SMILES string of the molecule is C=CCN1C(=O)c2[nH]nc(-c3cc(C)cc(C)c3O)c2C1c1ccc(OCc2ccccc2)c(OC)c1. The van der Waals surface area contributed by atoms with Crippen LogP contribution in [0.3, 0.4) is 0 Å². The quantitative estimate of drug-likeness (QED) is 0.305. The van der Waals surface area contributed by atoms with E-state index in [4.69, 9.17) is 9.47 Å². The average Bonchev–Trinajstić information content (AvgIpc) is 3.44. The average molecular weight is 496 g/mol. The van der Waals surface area contributed by atoms with E-state index >= 15 is 0 Å². The fourth-order valence-electron chi connectivity index (χ4n) is 4.93. The number of rotatable bonds is 8. The molecule has 2 heterocycles. The molecule has 0 fully saturated rings. The molecule has 0 radical (unpaired) electrons. The molecular formula is C30H29N3O4. The highest BCUT2D eigenvalue weighted by atomic mass is 16.5. The van der Waals surface area contributed by atoms with Crippen LogP contribution in [0.2, 0.25) is 0 Å². The first-order valence-electron chi connectivity index (χ1n) is 12.1. The zero-order valence-electron chi connectivity index (χ0n) is 21.1. The molecule has 2 N–H and O–H groups in total. The number of aromatic amines is 1. The number of aromatic nitrogens is 2. The van der Waals surface area contributed by atoms with Gasteiger partial charge in [0.1, 0.15) is 23.7 Å². The standard InChI is InChI=1S/C30H29N3O4/c1-5-13-33-28(21-11-12-23(24(16-21)36-4)37-17-20-9-7-6-8-10-20)25-26(31-32-27(25)30(33)35)22-15-18(2)14-19(3)29(22)34/h5-12,14-16,28,34H,1,13,17H2,2-4H3,(H,31,32). The van der Waals surface area contributed by atoms with Crippen LogP contribution in [0.4, 0.5) is 0 Å². The van der Waals surface area contributed by atoms with Crippen molar-refractivity contribution in [3.05, 3.63) is 107 Å². The lowest BCUT2D eigenvalue weighted by Crippen LogP contribution is -2.29. The van der Waals surface area contributed by atoms with Gasteiger partial charge >= 0.3 is 0 Å². The molecule has 1 unspecified atom stereocenters. The third-order valence-corrected chi connectivity index (χ3v) is 6.63. The van der Waals surface area contributed by atoms with Crippen molar-refractivity contribution in [3.63, 3.8) is 0 Å². The second-order valence-electron chi connectivity index (χ2n) is 9.17. The third-order valence-electron chi connectivity index (χ3n) is 6.63. The number of phenols is 1. The van der Waals surface area contributed by atoms with Gasteiger partial charge in [-0.1, -0.05) is 48.5 Å². The van der Waals surface area contributed by atoms with Crippen LogP contribution in [0.5, 0.6) is 17.2 Å². The highest BCUT2D eigenvalue weighted by Crippen LogP contribution is 2.46. The summed E-state index contributed by atoms with van der Waals surface area (Å²) in [5.74, 6) is 1.14. The molecule has 7 nitrogen and oxygen atoms in total. The predicted molar refractivity (Wildman–Crippen MR) is 142 cm³/mol. The van der Waals surface area contributed by atoms with Gasteiger partial charge in [-0.15, -0.1) is 6.58 Å². The van der Waals surface area contributed by atoms with Crippen molar-refractivity contribution >= 4 is 5.91 Å². The Labute approximate surface area is 216 Å². The Balaban J connectivity index is 1.58. The van der Waals surface area contributed by atoms with Gasteiger partial charge in [-0.25, -0.2) is 0 Å². The molecule has 5 rings (SSSR count). The number of hydrogen-bond donors (Lipinski definition) is 2. The zero-order valence-corrected chi connectivity index (χ0v) is 21.1. The highest BCUT2D eigenvalue weighted by Gasteiger charge is 2.42. The number of hydrogen-bond acceptors (Lipinski definition) is 5. The maximum atomic E-state index is 13.4. The van der Waals surface area contributed by atoms with Gasteiger partial charge in [0, 0.05) is 17.7 Å².